The summed E-state index contributed by atoms with van der Waals surface area (Å²) in [6.07, 6.45) is 4.21. The molecule has 0 aromatic heterocycles. The van der Waals surface area contributed by atoms with Gasteiger partial charge in [-0.15, -0.1) is 0 Å². The SMILES string of the molecule is O=S(=O)(c1ccccc1)c1ccc(-c2ccc(/C=C/c3ccc(N(c4ccccc4)c4ccccc4)cc3)cc2)cc1. The molecule has 0 amide bonds. The van der Waals surface area contributed by atoms with Crippen molar-refractivity contribution in [3.63, 3.8) is 0 Å². The lowest BCUT2D eigenvalue weighted by atomic mass is 10.0. The molecule has 0 aliphatic rings. The van der Waals surface area contributed by atoms with E-state index in [1.165, 1.54) is 0 Å². The summed E-state index contributed by atoms with van der Waals surface area (Å²) in [5.41, 5.74) is 7.51. The van der Waals surface area contributed by atoms with Crippen molar-refractivity contribution in [2.75, 3.05) is 4.90 Å². The minimum atomic E-state index is -3.53. The van der Waals surface area contributed by atoms with Gasteiger partial charge < -0.3 is 4.90 Å². The minimum Gasteiger partial charge on any atom is -0.311 e. The van der Waals surface area contributed by atoms with Gasteiger partial charge in [-0.2, -0.15) is 0 Å². The van der Waals surface area contributed by atoms with Crippen molar-refractivity contribution in [3.8, 4) is 11.1 Å². The van der Waals surface area contributed by atoms with Gasteiger partial charge in [-0.1, -0.05) is 115 Å². The van der Waals surface area contributed by atoms with Crippen LogP contribution in [0.25, 0.3) is 23.3 Å². The van der Waals surface area contributed by atoms with E-state index in [-0.39, 0.29) is 0 Å². The number of hydrogen-bond donors (Lipinski definition) is 0. The van der Waals surface area contributed by atoms with Crippen molar-refractivity contribution in [2.45, 2.75) is 9.79 Å². The quantitative estimate of drug-likeness (QED) is 0.173. The maximum absolute atomic E-state index is 12.9. The largest absolute Gasteiger partial charge is 0.311 e. The topological polar surface area (TPSA) is 37.4 Å². The number of nitrogens with zero attached hydrogens (tertiary/aromatic N) is 1. The third kappa shape index (κ3) is 5.95. The summed E-state index contributed by atoms with van der Waals surface area (Å²) in [4.78, 5) is 2.84. The predicted molar refractivity (Wildman–Crippen MR) is 174 cm³/mol. The standard InChI is InChI=1S/C38H29NO2S/c40-42(41,37-14-8-3-9-15-37)38-28-24-33(25-29-38)32-22-18-30(19-23-32)16-17-31-20-26-36(27-21-31)39(34-10-4-1-5-11-34)35-12-6-2-7-13-35/h1-29H/b17-16+. The van der Waals surface area contributed by atoms with Crippen LogP contribution >= 0.6 is 0 Å². The van der Waals surface area contributed by atoms with Gasteiger partial charge in [0.05, 0.1) is 9.79 Å². The van der Waals surface area contributed by atoms with Crippen LogP contribution in [-0.2, 0) is 9.84 Å². The summed E-state index contributed by atoms with van der Waals surface area (Å²) < 4.78 is 25.8. The fourth-order valence-electron chi connectivity index (χ4n) is 4.88. The molecule has 0 N–H and O–H groups in total. The Labute approximate surface area is 247 Å². The van der Waals surface area contributed by atoms with E-state index in [1.54, 1.807) is 36.4 Å². The molecule has 42 heavy (non-hydrogen) atoms. The Kier molecular flexibility index (Phi) is 7.80. The van der Waals surface area contributed by atoms with Crippen LogP contribution in [0.2, 0.25) is 0 Å². The van der Waals surface area contributed by atoms with E-state index in [1.807, 2.05) is 30.3 Å². The molecule has 204 valence electrons. The lowest BCUT2D eigenvalue weighted by molar-refractivity contribution is 0.596. The first-order valence-corrected chi connectivity index (χ1v) is 15.3. The molecule has 0 fully saturated rings. The Morgan fingerprint density at radius 1 is 0.381 bits per heavy atom. The lowest BCUT2D eigenvalue weighted by Crippen LogP contribution is -2.09. The fourth-order valence-corrected chi connectivity index (χ4v) is 6.16. The molecule has 0 heterocycles. The second kappa shape index (κ2) is 12.1. The number of para-hydroxylation sites is 2. The number of anilines is 3. The number of rotatable bonds is 8. The molecule has 6 aromatic carbocycles. The van der Waals surface area contributed by atoms with Crippen LogP contribution in [0.1, 0.15) is 11.1 Å². The second-order valence-corrected chi connectivity index (χ2v) is 11.8. The van der Waals surface area contributed by atoms with E-state index >= 15 is 0 Å². The van der Waals surface area contributed by atoms with Crippen molar-refractivity contribution in [1.29, 1.82) is 0 Å². The van der Waals surface area contributed by atoms with Crippen LogP contribution in [0.4, 0.5) is 17.1 Å². The Morgan fingerprint density at radius 3 is 1.21 bits per heavy atom. The highest BCUT2D eigenvalue weighted by Crippen LogP contribution is 2.34. The van der Waals surface area contributed by atoms with Crippen LogP contribution in [0, 0.1) is 0 Å². The van der Waals surface area contributed by atoms with Crippen molar-refractivity contribution in [2.24, 2.45) is 0 Å². The average molecular weight is 564 g/mol. The molecule has 0 aliphatic heterocycles. The van der Waals surface area contributed by atoms with Gasteiger partial charge in [-0.25, -0.2) is 8.42 Å². The molecule has 0 bridgehead atoms. The van der Waals surface area contributed by atoms with Gasteiger partial charge >= 0.3 is 0 Å². The zero-order valence-corrected chi connectivity index (χ0v) is 23.7. The average Bonchev–Trinajstić information content (AvgIpc) is 3.06. The van der Waals surface area contributed by atoms with Crippen molar-refractivity contribution < 1.29 is 8.42 Å². The van der Waals surface area contributed by atoms with E-state index in [2.05, 4.69) is 114 Å². The van der Waals surface area contributed by atoms with Gasteiger partial charge in [-0.05, 0) is 82.9 Å². The van der Waals surface area contributed by atoms with E-state index in [4.69, 9.17) is 0 Å². The molecule has 0 radical (unpaired) electrons. The van der Waals surface area contributed by atoms with Crippen LogP contribution < -0.4 is 4.90 Å². The lowest BCUT2D eigenvalue weighted by Gasteiger charge is -2.25. The normalized spacial score (nSPS) is 11.4. The molecule has 3 nitrogen and oxygen atoms in total. The first kappa shape index (κ1) is 27.0. The van der Waals surface area contributed by atoms with E-state index in [9.17, 15) is 8.42 Å². The molecule has 6 aromatic rings. The first-order valence-electron chi connectivity index (χ1n) is 13.8. The maximum atomic E-state index is 12.9. The van der Waals surface area contributed by atoms with E-state index in [0.29, 0.717) is 9.79 Å². The number of hydrogen-bond acceptors (Lipinski definition) is 3. The number of sulfone groups is 1. The molecule has 0 spiro atoms. The van der Waals surface area contributed by atoms with Gasteiger partial charge in [0.15, 0.2) is 0 Å². The van der Waals surface area contributed by atoms with Gasteiger partial charge in [0.2, 0.25) is 9.84 Å². The van der Waals surface area contributed by atoms with Gasteiger partial charge in [-0.3, -0.25) is 0 Å². The highest BCUT2D eigenvalue weighted by Gasteiger charge is 2.17. The number of benzene rings is 6. The molecule has 4 heteroatoms. The Morgan fingerprint density at radius 2 is 0.738 bits per heavy atom. The Hall–Kier alpha value is -5.19. The highest BCUT2D eigenvalue weighted by molar-refractivity contribution is 7.91. The zero-order chi connectivity index (χ0) is 28.8. The summed E-state index contributed by atoms with van der Waals surface area (Å²) in [5.74, 6) is 0. The molecule has 0 unspecified atom stereocenters. The van der Waals surface area contributed by atoms with Crippen LogP contribution in [0.15, 0.2) is 174 Å². The minimum absolute atomic E-state index is 0.290. The molecule has 0 aliphatic carbocycles. The van der Waals surface area contributed by atoms with Crippen LogP contribution in [0.3, 0.4) is 0 Å². The molecule has 0 atom stereocenters. The Bertz CT molecular complexity index is 1840. The third-order valence-corrected chi connectivity index (χ3v) is 8.90. The summed E-state index contributed by atoms with van der Waals surface area (Å²) in [6, 6.07) is 53.1. The maximum Gasteiger partial charge on any atom is 0.206 e. The monoisotopic (exact) mass is 563 g/mol. The molecule has 0 saturated heterocycles. The third-order valence-electron chi connectivity index (χ3n) is 7.11. The van der Waals surface area contributed by atoms with Gasteiger partial charge in [0, 0.05) is 17.1 Å². The van der Waals surface area contributed by atoms with Crippen molar-refractivity contribution >= 4 is 39.1 Å². The van der Waals surface area contributed by atoms with E-state index < -0.39 is 9.84 Å². The Balaban J connectivity index is 1.16. The summed E-state index contributed by atoms with van der Waals surface area (Å²) in [6.45, 7) is 0. The zero-order valence-electron chi connectivity index (χ0n) is 22.9. The van der Waals surface area contributed by atoms with Crippen LogP contribution in [-0.4, -0.2) is 8.42 Å². The summed E-state index contributed by atoms with van der Waals surface area (Å²) >= 11 is 0. The molecular weight excluding hydrogens is 534 g/mol. The molecule has 6 rings (SSSR count). The highest BCUT2D eigenvalue weighted by atomic mass is 32.2. The van der Waals surface area contributed by atoms with Crippen molar-refractivity contribution in [3.05, 3.63) is 175 Å². The second-order valence-electron chi connectivity index (χ2n) is 9.89. The summed E-state index contributed by atoms with van der Waals surface area (Å²) in [7, 11) is -3.53. The van der Waals surface area contributed by atoms with E-state index in [0.717, 1.165) is 39.3 Å². The first-order chi connectivity index (χ1) is 20.6. The smallest absolute Gasteiger partial charge is 0.206 e. The molecular formula is C38H29NO2S. The molecule has 0 saturated carbocycles. The fraction of sp³-hybridized carbons (Fsp3) is 0. The summed E-state index contributed by atoms with van der Waals surface area (Å²) in [5, 5.41) is 0. The van der Waals surface area contributed by atoms with Crippen LogP contribution in [0.5, 0.6) is 0 Å². The van der Waals surface area contributed by atoms with Gasteiger partial charge in [0.25, 0.3) is 0 Å². The predicted octanol–water partition coefficient (Wildman–Crippen LogP) is 9.83. The van der Waals surface area contributed by atoms with Gasteiger partial charge in [0.1, 0.15) is 0 Å². The van der Waals surface area contributed by atoms with Crippen molar-refractivity contribution in [1.82, 2.24) is 0 Å².